The molecular weight excluding hydrogens is 216 g/mol. The Bertz CT molecular complexity index is 377. The second-order valence-electron chi connectivity index (χ2n) is 4.39. The van der Waals surface area contributed by atoms with Crippen LogP contribution in [0, 0.1) is 0 Å². The van der Waals surface area contributed by atoms with Gasteiger partial charge < -0.3 is 10.0 Å². The number of aliphatic hydroxyl groups excluding tert-OH is 1. The summed E-state index contributed by atoms with van der Waals surface area (Å²) in [6, 6.07) is 4.05. The van der Waals surface area contributed by atoms with Gasteiger partial charge >= 0.3 is 0 Å². The van der Waals surface area contributed by atoms with E-state index < -0.39 is 0 Å². The number of carbonyl (C=O) groups is 1. The van der Waals surface area contributed by atoms with Crippen molar-refractivity contribution in [2.45, 2.75) is 31.7 Å². The quantitative estimate of drug-likeness (QED) is 0.760. The third-order valence-corrected chi connectivity index (χ3v) is 3.29. The number of rotatable bonds is 6. The van der Waals surface area contributed by atoms with Gasteiger partial charge in [-0.1, -0.05) is 0 Å². The van der Waals surface area contributed by atoms with E-state index in [1.165, 1.54) is 6.42 Å². The number of nitrogens with zero attached hydrogens (tertiary/aromatic N) is 2. The minimum atomic E-state index is 0.173. The van der Waals surface area contributed by atoms with Gasteiger partial charge in [0.2, 0.25) is 0 Å². The standard InChI is InChI=1S/C13H18N2O2/c16-9-3-8-15(12-5-1-6-12)13-11(10-17)4-2-7-14-13/h2,4,7,10,12,16H,1,3,5-6,8-9H2. The van der Waals surface area contributed by atoms with E-state index in [4.69, 9.17) is 5.11 Å². The molecule has 0 spiro atoms. The van der Waals surface area contributed by atoms with E-state index >= 15 is 0 Å². The highest BCUT2D eigenvalue weighted by Gasteiger charge is 2.26. The Morgan fingerprint density at radius 2 is 2.35 bits per heavy atom. The van der Waals surface area contributed by atoms with Crippen LogP contribution in [0.2, 0.25) is 0 Å². The van der Waals surface area contributed by atoms with E-state index in [9.17, 15) is 4.79 Å². The number of aliphatic hydroxyl groups is 1. The maximum atomic E-state index is 11.0. The van der Waals surface area contributed by atoms with Crippen LogP contribution in [0.1, 0.15) is 36.0 Å². The molecule has 4 heteroatoms. The van der Waals surface area contributed by atoms with Crippen LogP contribution in [0.4, 0.5) is 5.82 Å². The van der Waals surface area contributed by atoms with E-state index in [0.29, 0.717) is 18.0 Å². The van der Waals surface area contributed by atoms with Crippen LogP contribution in [0.25, 0.3) is 0 Å². The molecule has 0 unspecified atom stereocenters. The van der Waals surface area contributed by atoms with Crippen molar-refractivity contribution in [1.82, 2.24) is 4.98 Å². The van der Waals surface area contributed by atoms with Gasteiger partial charge in [0.15, 0.2) is 6.29 Å². The number of aromatic nitrogens is 1. The van der Waals surface area contributed by atoms with E-state index in [0.717, 1.165) is 31.5 Å². The Kier molecular flexibility index (Phi) is 4.09. The summed E-state index contributed by atoms with van der Waals surface area (Å²) in [5.74, 6) is 0.764. The summed E-state index contributed by atoms with van der Waals surface area (Å²) >= 11 is 0. The third kappa shape index (κ3) is 2.64. The average Bonchev–Trinajstić information content (AvgIpc) is 2.32. The second kappa shape index (κ2) is 5.77. The normalized spacial score (nSPS) is 15.4. The first-order valence-corrected chi connectivity index (χ1v) is 6.14. The molecular formula is C13H18N2O2. The molecule has 0 bridgehead atoms. The van der Waals surface area contributed by atoms with Gasteiger partial charge in [-0.05, 0) is 37.8 Å². The second-order valence-corrected chi connectivity index (χ2v) is 4.39. The Morgan fingerprint density at radius 1 is 1.53 bits per heavy atom. The van der Waals surface area contributed by atoms with Gasteiger partial charge in [-0.15, -0.1) is 0 Å². The number of hydrogen-bond donors (Lipinski definition) is 1. The number of hydrogen-bond acceptors (Lipinski definition) is 4. The van der Waals surface area contributed by atoms with Crippen molar-refractivity contribution >= 4 is 12.1 Å². The highest BCUT2D eigenvalue weighted by atomic mass is 16.3. The van der Waals surface area contributed by atoms with Crippen molar-refractivity contribution in [1.29, 1.82) is 0 Å². The molecule has 92 valence electrons. The fourth-order valence-corrected chi connectivity index (χ4v) is 2.14. The Balaban J connectivity index is 2.20. The summed E-state index contributed by atoms with van der Waals surface area (Å²) in [6.45, 7) is 0.936. The molecule has 0 saturated heterocycles. The maximum absolute atomic E-state index is 11.0. The molecule has 1 saturated carbocycles. The molecule has 1 aromatic rings. The van der Waals surface area contributed by atoms with Gasteiger partial charge in [0.05, 0.1) is 5.56 Å². The summed E-state index contributed by atoms with van der Waals surface area (Å²) in [4.78, 5) is 17.5. The summed E-state index contributed by atoms with van der Waals surface area (Å²) < 4.78 is 0. The third-order valence-electron chi connectivity index (χ3n) is 3.29. The fourth-order valence-electron chi connectivity index (χ4n) is 2.14. The number of aldehydes is 1. The summed E-state index contributed by atoms with van der Waals surface area (Å²) in [5, 5.41) is 8.94. The molecule has 17 heavy (non-hydrogen) atoms. The highest BCUT2D eigenvalue weighted by Crippen LogP contribution is 2.29. The van der Waals surface area contributed by atoms with Crippen LogP contribution in [0.3, 0.4) is 0 Å². The van der Waals surface area contributed by atoms with E-state index in [2.05, 4.69) is 9.88 Å². The zero-order valence-corrected chi connectivity index (χ0v) is 9.88. The molecule has 1 N–H and O–H groups in total. The monoisotopic (exact) mass is 234 g/mol. The molecule has 0 aliphatic heterocycles. The fraction of sp³-hybridized carbons (Fsp3) is 0.538. The summed E-state index contributed by atoms with van der Waals surface area (Å²) in [7, 11) is 0. The van der Waals surface area contributed by atoms with Gasteiger partial charge in [0.25, 0.3) is 0 Å². The molecule has 0 radical (unpaired) electrons. The van der Waals surface area contributed by atoms with E-state index in [-0.39, 0.29) is 6.61 Å². The summed E-state index contributed by atoms with van der Waals surface area (Å²) in [5.41, 5.74) is 0.636. The van der Waals surface area contributed by atoms with Crippen LogP contribution in [0.15, 0.2) is 18.3 Å². The molecule has 1 aliphatic carbocycles. The predicted octanol–water partition coefficient (Wildman–Crippen LogP) is 1.64. The van der Waals surface area contributed by atoms with Crippen LogP contribution in [0.5, 0.6) is 0 Å². The van der Waals surface area contributed by atoms with Crippen molar-refractivity contribution in [3.05, 3.63) is 23.9 Å². The van der Waals surface area contributed by atoms with E-state index in [1.54, 1.807) is 18.3 Å². The Hall–Kier alpha value is -1.42. The van der Waals surface area contributed by atoms with Crippen molar-refractivity contribution in [2.75, 3.05) is 18.1 Å². The molecule has 0 atom stereocenters. The topological polar surface area (TPSA) is 53.4 Å². The lowest BCUT2D eigenvalue weighted by atomic mass is 9.91. The van der Waals surface area contributed by atoms with Gasteiger partial charge in [-0.2, -0.15) is 0 Å². The van der Waals surface area contributed by atoms with Crippen LogP contribution in [-0.2, 0) is 0 Å². The van der Waals surface area contributed by atoms with Gasteiger partial charge in [-0.3, -0.25) is 4.79 Å². The largest absolute Gasteiger partial charge is 0.396 e. The Morgan fingerprint density at radius 3 is 2.94 bits per heavy atom. The zero-order valence-electron chi connectivity index (χ0n) is 9.88. The van der Waals surface area contributed by atoms with Crippen molar-refractivity contribution in [3.8, 4) is 0 Å². The first-order chi connectivity index (χ1) is 8.36. The molecule has 1 aromatic heterocycles. The van der Waals surface area contributed by atoms with Crippen molar-refractivity contribution in [3.63, 3.8) is 0 Å². The lowest BCUT2D eigenvalue weighted by molar-refractivity contribution is 0.112. The van der Waals surface area contributed by atoms with Crippen LogP contribution in [-0.4, -0.2) is 35.6 Å². The lowest BCUT2D eigenvalue weighted by Gasteiger charge is -2.38. The molecule has 2 rings (SSSR count). The maximum Gasteiger partial charge on any atom is 0.153 e. The van der Waals surface area contributed by atoms with Crippen molar-refractivity contribution < 1.29 is 9.90 Å². The average molecular weight is 234 g/mol. The number of pyridine rings is 1. The zero-order chi connectivity index (χ0) is 12.1. The lowest BCUT2D eigenvalue weighted by Crippen LogP contribution is -2.42. The van der Waals surface area contributed by atoms with Gasteiger partial charge in [0, 0.05) is 25.4 Å². The first kappa shape index (κ1) is 12.0. The number of anilines is 1. The highest BCUT2D eigenvalue weighted by molar-refractivity contribution is 5.82. The molecule has 1 fully saturated rings. The Labute approximate surface area is 101 Å². The number of carbonyl (C=O) groups excluding carboxylic acids is 1. The van der Waals surface area contributed by atoms with Crippen LogP contribution >= 0.6 is 0 Å². The molecule has 0 amide bonds. The molecule has 1 heterocycles. The predicted molar refractivity (Wildman–Crippen MR) is 66.3 cm³/mol. The first-order valence-electron chi connectivity index (χ1n) is 6.14. The molecule has 0 aromatic carbocycles. The van der Waals surface area contributed by atoms with E-state index in [1.807, 2.05) is 0 Å². The summed E-state index contributed by atoms with van der Waals surface area (Å²) in [6.07, 6.45) is 6.83. The minimum Gasteiger partial charge on any atom is -0.396 e. The smallest absolute Gasteiger partial charge is 0.153 e. The van der Waals surface area contributed by atoms with Crippen molar-refractivity contribution in [2.24, 2.45) is 0 Å². The van der Waals surface area contributed by atoms with Gasteiger partial charge in [0.1, 0.15) is 5.82 Å². The SMILES string of the molecule is O=Cc1cccnc1N(CCCO)C1CCC1. The van der Waals surface area contributed by atoms with Crippen LogP contribution < -0.4 is 4.90 Å². The minimum absolute atomic E-state index is 0.173. The molecule has 4 nitrogen and oxygen atoms in total. The van der Waals surface area contributed by atoms with Gasteiger partial charge in [-0.25, -0.2) is 4.98 Å². The molecule has 1 aliphatic rings.